The van der Waals surface area contributed by atoms with Crippen LogP contribution in [0.1, 0.15) is 25.0 Å². The second kappa shape index (κ2) is 11.1. The first-order chi connectivity index (χ1) is 23.6. The summed E-state index contributed by atoms with van der Waals surface area (Å²) in [5, 5.41) is 5.02. The minimum absolute atomic E-state index is 0.209. The van der Waals surface area contributed by atoms with E-state index in [0.717, 1.165) is 11.4 Å². The fourth-order valence-corrected chi connectivity index (χ4v) is 7.91. The van der Waals surface area contributed by atoms with Gasteiger partial charge in [-0.1, -0.05) is 159 Å². The van der Waals surface area contributed by atoms with Crippen LogP contribution in [0.4, 0.5) is 17.1 Å². The van der Waals surface area contributed by atoms with Gasteiger partial charge in [-0.25, -0.2) is 0 Å². The summed E-state index contributed by atoms with van der Waals surface area (Å²) in [4.78, 5) is 2.51. The third kappa shape index (κ3) is 4.47. The second-order valence-corrected chi connectivity index (χ2v) is 13.4. The predicted molar refractivity (Wildman–Crippen MR) is 205 cm³/mol. The molecule has 1 aliphatic carbocycles. The van der Waals surface area contributed by atoms with Gasteiger partial charge in [0.2, 0.25) is 0 Å². The fourth-order valence-electron chi connectivity index (χ4n) is 7.91. The van der Waals surface area contributed by atoms with Crippen molar-refractivity contribution in [3.05, 3.63) is 187 Å². The molecule has 48 heavy (non-hydrogen) atoms. The molecular weight excluding hydrogens is 579 g/mol. The van der Waals surface area contributed by atoms with Crippen LogP contribution >= 0.6 is 0 Å². The minimum Gasteiger partial charge on any atom is -0.309 e. The van der Waals surface area contributed by atoms with E-state index in [9.17, 15) is 0 Å². The van der Waals surface area contributed by atoms with E-state index in [1.807, 2.05) is 0 Å². The highest BCUT2D eigenvalue weighted by Gasteiger charge is 2.40. The minimum atomic E-state index is -0.209. The average Bonchev–Trinajstić information content (AvgIpc) is 3.39. The summed E-state index contributed by atoms with van der Waals surface area (Å²) in [6, 6.07) is 64.4. The van der Waals surface area contributed by atoms with Crippen molar-refractivity contribution < 1.29 is 0 Å². The Balaban J connectivity index is 1.38. The largest absolute Gasteiger partial charge is 0.309 e. The molecular formula is C47H35N. The lowest BCUT2D eigenvalue weighted by Crippen LogP contribution is -2.17. The van der Waals surface area contributed by atoms with E-state index in [2.05, 4.69) is 195 Å². The van der Waals surface area contributed by atoms with Crippen molar-refractivity contribution in [2.24, 2.45) is 0 Å². The molecule has 8 aromatic carbocycles. The summed E-state index contributed by atoms with van der Waals surface area (Å²) in [7, 11) is 0. The van der Waals surface area contributed by atoms with E-state index >= 15 is 0 Å². The maximum atomic E-state index is 2.51. The first kappa shape index (κ1) is 28.3. The fraction of sp³-hybridized carbons (Fsp3) is 0.0638. The molecule has 0 N–H and O–H groups in total. The number of benzene rings is 8. The molecule has 1 aliphatic rings. The molecule has 0 heterocycles. The molecule has 0 bridgehead atoms. The Kier molecular flexibility index (Phi) is 6.55. The third-order valence-electron chi connectivity index (χ3n) is 10.2. The number of hydrogen-bond acceptors (Lipinski definition) is 1. The Hall–Kier alpha value is -5.92. The third-order valence-corrected chi connectivity index (χ3v) is 10.2. The van der Waals surface area contributed by atoms with Crippen LogP contribution in [0.2, 0.25) is 0 Å². The van der Waals surface area contributed by atoms with Crippen LogP contribution in [0, 0.1) is 0 Å². The molecule has 0 amide bonds. The van der Waals surface area contributed by atoms with E-state index in [1.54, 1.807) is 0 Å². The van der Waals surface area contributed by atoms with Gasteiger partial charge in [-0.15, -0.1) is 0 Å². The van der Waals surface area contributed by atoms with Crippen molar-refractivity contribution in [2.75, 3.05) is 4.90 Å². The summed E-state index contributed by atoms with van der Waals surface area (Å²) in [6.07, 6.45) is 0. The molecule has 1 heteroatoms. The van der Waals surface area contributed by atoms with Crippen LogP contribution < -0.4 is 4.90 Å². The molecule has 9 rings (SSSR count). The summed E-state index contributed by atoms with van der Waals surface area (Å²) in [6.45, 7) is 4.81. The van der Waals surface area contributed by atoms with Crippen LogP contribution in [0.15, 0.2) is 176 Å². The van der Waals surface area contributed by atoms with E-state index in [-0.39, 0.29) is 5.41 Å². The highest BCUT2D eigenvalue weighted by Crippen LogP contribution is 2.58. The van der Waals surface area contributed by atoms with Gasteiger partial charge in [-0.3, -0.25) is 0 Å². The van der Waals surface area contributed by atoms with Crippen LogP contribution in [0.25, 0.3) is 54.9 Å². The zero-order valence-corrected chi connectivity index (χ0v) is 27.2. The van der Waals surface area contributed by atoms with Gasteiger partial charge in [0.1, 0.15) is 0 Å². The standard InChI is InChI=1S/C47H35N/c1-47(2)42-30-36(32-15-5-3-6-16-32)26-28-41(42)45-44(31-37-21-11-12-23-40(37)46(45)47)48(38-27-25-33-17-9-10-20-35(33)29-38)43-24-14-13-22-39(43)34-18-7-4-8-19-34/h3-31H,1-2H3. The molecule has 228 valence electrons. The lowest BCUT2D eigenvalue weighted by atomic mass is 9.79. The number of nitrogens with zero attached hydrogens (tertiary/aromatic N) is 1. The number of hydrogen-bond donors (Lipinski definition) is 0. The first-order valence-corrected chi connectivity index (χ1v) is 16.8. The Morgan fingerprint density at radius 1 is 0.417 bits per heavy atom. The van der Waals surface area contributed by atoms with E-state index in [4.69, 9.17) is 0 Å². The van der Waals surface area contributed by atoms with Crippen molar-refractivity contribution in [1.82, 2.24) is 0 Å². The monoisotopic (exact) mass is 613 g/mol. The molecule has 0 saturated heterocycles. The Morgan fingerprint density at radius 2 is 1.06 bits per heavy atom. The maximum Gasteiger partial charge on any atom is 0.0549 e. The molecule has 0 spiro atoms. The Morgan fingerprint density at radius 3 is 1.85 bits per heavy atom. The van der Waals surface area contributed by atoms with Crippen LogP contribution in [-0.2, 0) is 5.41 Å². The van der Waals surface area contributed by atoms with Gasteiger partial charge < -0.3 is 4.90 Å². The normalized spacial score (nSPS) is 13.0. The summed E-state index contributed by atoms with van der Waals surface area (Å²) in [5.74, 6) is 0. The molecule has 8 aromatic rings. The van der Waals surface area contributed by atoms with Crippen molar-refractivity contribution in [2.45, 2.75) is 19.3 Å². The average molecular weight is 614 g/mol. The van der Waals surface area contributed by atoms with Gasteiger partial charge in [-0.2, -0.15) is 0 Å². The van der Waals surface area contributed by atoms with Gasteiger partial charge >= 0.3 is 0 Å². The molecule has 0 fully saturated rings. The smallest absolute Gasteiger partial charge is 0.0549 e. The van der Waals surface area contributed by atoms with Crippen LogP contribution in [0.5, 0.6) is 0 Å². The van der Waals surface area contributed by atoms with E-state index in [1.165, 1.54) is 71.7 Å². The number of anilines is 3. The lowest BCUT2D eigenvalue weighted by molar-refractivity contribution is 0.666. The van der Waals surface area contributed by atoms with Crippen molar-refractivity contribution in [3.63, 3.8) is 0 Å². The first-order valence-electron chi connectivity index (χ1n) is 16.8. The molecule has 0 saturated carbocycles. The van der Waals surface area contributed by atoms with Gasteiger partial charge in [0.25, 0.3) is 0 Å². The quantitative estimate of drug-likeness (QED) is 0.187. The lowest BCUT2D eigenvalue weighted by Gasteiger charge is -2.31. The van der Waals surface area contributed by atoms with Crippen LogP contribution in [0.3, 0.4) is 0 Å². The zero-order valence-electron chi connectivity index (χ0n) is 27.2. The topological polar surface area (TPSA) is 3.24 Å². The van der Waals surface area contributed by atoms with Crippen LogP contribution in [-0.4, -0.2) is 0 Å². The van der Waals surface area contributed by atoms with Gasteiger partial charge in [0, 0.05) is 22.2 Å². The van der Waals surface area contributed by atoms with Crippen molar-refractivity contribution in [1.29, 1.82) is 0 Å². The number of fused-ring (bicyclic) bond motifs is 6. The van der Waals surface area contributed by atoms with E-state index < -0.39 is 0 Å². The summed E-state index contributed by atoms with van der Waals surface area (Å²) in [5.41, 5.74) is 13.5. The van der Waals surface area contributed by atoms with Crippen molar-refractivity contribution >= 4 is 38.6 Å². The van der Waals surface area contributed by atoms with Gasteiger partial charge in [0.05, 0.1) is 11.4 Å². The SMILES string of the molecule is CC1(C)c2cc(-c3ccccc3)ccc2-c2c(N(c3ccc4ccccc4c3)c3ccccc3-c3ccccc3)cc3ccccc3c21. The molecule has 0 aliphatic heterocycles. The predicted octanol–water partition coefficient (Wildman–Crippen LogP) is 13.1. The van der Waals surface area contributed by atoms with Crippen molar-refractivity contribution in [3.8, 4) is 33.4 Å². The molecule has 0 aromatic heterocycles. The van der Waals surface area contributed by atoms with Gasteiger partial charge in [-0.05, 0) is 85.3 Å². The van der Waals surface area contributed by atoms with E-state index in [0.29, 0.717) is 0 Å². The van der Waals surface area contributed by atoms with Gasteiger partial charge in [0.15, 0.2) is 0 Å². The number of para-hydroxylation sites is 1. The maximum absolute atomic E-state index is 2.51. The summed E-state index contributed by atoms with van der Waals surface area (Å²) >= 11 is 0. The summed E-state index contributed by atoms with van der Waals surface area (Å²) < 4.78 is 0. The highest BCUT2D eigenvalue weighted by atomic mass is 15.1. The highest BCUT2D eigenvalue weighted by molar-refractivity contribution is 6.07. The Bertz CT molecular complexity index is 2470. The molecule has 0 unspecified atom stereocenters. The Labute approximate surface area is 282 Å². The zero-order chi connectivity index (χ0) is 32.2. The second-order valence-electron chi connectivity index (χ2n) is 13.4. The molecule has 1 nitrogen and oxygen atoms in total. The molecule has 0 radical (unpaired) electrons. The number of rotatable bonds is 5. The molecule has 0 atom stereocenters.